The van der Waals surface area contributed by atoms with Crippen LogP contribution in [0.2, 0.25) is 0 Å². The van der Waals surface area contributed by atoms with E-state index in [1.807, 2.05) is 19.1 Å². The molecule has 0 saturated carbocycles. The van der Waals surface area contributed by atoms with Gasteiger partial charge in [-0.1, -0.05) is 0 Å². The van der Waals surface area contributed by atoms with Crippen molar-refractivity contribution in [3.63, 3.8) is 0 Å². The zero-order valence-corrected chi connectivity index (χ0v) is 15.6. The van der Waals surface area contributed by atoms with Crippen molar-refractivity contribution < 1.29 is 23.7 Å². The summed E-state index contributed by atoms with van der Waals surface area (Å²) in [5, 5.41) is 2.84. The Bertz CT molecular complexity index is 814. The quantitative estimate of drug-likeness (QED) is 0.766. The molecule has 0 aromatic heterocycles. The minimum Gasteiger partial charge on any atom is -0.497 e. The molecule has 0 radical (unpaired) electrons. The first kappa shape index (κ1) is 19.2. The van der Waals surface area contributed by atoms with Crippen LogP contribution >= 0.6 is 0 Å². The SMILES string of the molecule is COc1ccc(/C=C/C(=O)Nc2cc(OC)c(OC)cc2C)c(OC)c1. The van der Waals surface area contributed by atoms with Gasteiger partial charge in [-0.2, -0.15) is 0 Å². The van der Waals surface area contributed by atoms with Gasteiger partial charge in [0.2, 0.25) is 5.91 Å². The van der Waals surface area contributed by atoms with Gasteiger partial charge in [0.25, 0.3) is 0 Å². The molecule has 0 unspecified atom stereocenters. The molecule has 0 saturated heterocycles. The third-order valence-corrected chi connectivity index (χ3v) is 3.84. The zero-order valence-electron chi connectivity index (χ0n) is 15.6. The number of carbonyl (C=O) groups is 1. The van der Waals surface area contributed by atoms with E-state index in [-0.39, 0.29) is 5.91 Å². The number of ether oxygens (including phenoxy) is 4. The van der Waals surface area contributed by atoms with Crippen LogP contribution in [-0.2, 0) is 4.79 Å². The van der Waals surface area contributed by atoms with Crippen LogP contribution in [0.4, 0.5) is 5.69 Å². The van der Waals surface area contributed by atoms with Crippen molar-refractivity contribution in [3.05, 3.63) is 47.5 Å². The molecule has 6 nitrogen and oxygen atoms in total. The van der Waals surface area contributed by atoms with E-state index >= 15 is 0 Å². The largest absolute Gasteiger partial charge is 0.497 e. The van der Waals surface area contributed by atoms with Crippen molar-refractivity contribution in [2.24, 2.45) is 0 Å². The summed E-state index contributed by atoms with van der Waals surface area (Å²) >= 11 is 0. The van der Waals surface area contributed by atoms with Gasteiger partial charge in [-0.05, 0) is 36.8 Å². The Balaban J connectivity index is 2.17. The van der Waals surface area contributed by atoms with Crippen molar-refractivity contribution in [3.8, 4) is 23.0 Å². The Morgan fingerprint density at radius 1 is 0.885 bits per heavy atom. The third kappa shape index (κ3) is 4.47. The molecular formula is C20H23NO5. The highest BCUT2D eigenvalue weighted by atomic mass is 16.5. The van der Waals surface area contributed by atoms with Gasteiger partial charge < -0.3 is 24.3 Å². The molecule has 0 heterocycles. The first-order valence-corrected chi connectivity index (χ1v) is 7.96. The van der Waals surface area contributed by atoms with Gasteiger partial charge in [0, 0.05) is 29.5 Å². The van der Waals surface area contributed by atoms with E-state index in [9.17, 15) is 4.79 Å². The predicted molar refractivity (Wildman–Crippen MR) is 101 cm³/mol. The molecule has 26 heavy (non-hydrogen) atoms. The molecule has 0 aliphatic heterocycles. The molecule has 2 aromatic carbocycles. The number of methoxy groups -OCH3 is 4. The average molecular weight is 357 g/mol. The Hall–Kier alpha value is -3.15. The Morgan fingerprint density at radius 3 is 2.15 bits per heavy atom. The average Bonchev–Trinajstić information content (AvgIpc) is 2.67. The Labute approximate surface area is 153 Å². The summed E-state index contributed by atoms with van der Waals surface area (Å²) in [7, 11) is 6.28. The standard InChI is InChI=1S/C20H23NO5/c1-13-10-18(25-4)19(26-5)12-16(13)21-20(22)9-7-14-6-8-15(23-2)11-17(14)24-3/h6-12H,1-5H3,(H,21,22)/b9-7+. The van der Waals surface area contributed by atoms with E-state index in [0.717, 1.165) is 11.1 Å². The summed E-state index contributed by atoms with van der Waals surface area (Å²) < 4.78 is 21.0. The van der Waals surface area contributed by atoms with Crippen LogP contribution in [0.5, 0.6) is 23.0 Å². The van der Waals surface area contributed by atoms with Crippen molar-refractivity contribution in [1.29, 1.82) is 0 Å². The maximum Gasteiger partial charge on any atom is 0.248 e. The van der Waals surface area contributed by atoms with Gasteiger partial charge in [-0.3, -0.25) is 4.79 Å². The first-order valence-electron chi connectivity index (χ1n) is 7.96. The van der Waals surface area contributed by atoms with Crippen LogP contribution in [0.25, 0.3) is 6.08 Å². The van der Waals surface area contributed by atoms with Crippen LogP contribution < -0.4 is 24.3 Å². The van der Waals surface area contributed by atoms with E-state index in [1.165, 1.54) is 6.08 Å². The minimum absolute atomic E-state index is 0.266. The van der Waals surface area contributed by atoms with Crippen molar-refractivity contribution in [2.45, 2.75) is 6.92 Å². The topological polar surface area (TPSA) is 66.0 Å². The molecule has 2 aromatic rings. The number of aryl methyl sites for hydroxylation is 1. The fourth-order valence-corrected chi connectivity index (χ4v) is 2.41. The van der Waals surface area contributed by atoms with Crippen LogP contribution in [0, 0.1) is 6.92 Å². The molecule has 138 valence electrons. The number of carbonyl (C=O) groups excluding carboxylic acids is 1. The van der Waals surface area contributed by atoms with Gasteiger partial charge >= 0.3 is 0 Å². The fourth-order valence-electron chi connectivity index (χ4n) is 2.41. The molecule has 1 N–H and O–H groups in total. The fraction of sp³-hybridized carbons (Fsp3) is 0.250. The second-order valence-corrected chi connectivity index (χ2v) is 5.45. The summed E-state index contributed by atoms with van der Waals surface area (Å²) in [4.78, 5) is 12.3. The molecule has 0 aliphatic carbocycles. The lowest BCUT2D eigenvalue weighted by Crippen LogP contribution is -2.09. The van der Waals surface area contributed by atoms with Crippen molar-refractivity contribution in [2.75, 3.05) is 33.8 Å². The lowest BCUT2D eigenvalue weighted by molar-refractivity contribution is -0.111. The smallest absolute Gasteiger partial charge is 0.248 e. The van der Waals surface area contributed by atoms with Gasteiger partial charge in [-0.25, -0.2) is 0 Å². The molecule has 0 atom stereocenters. The number of amides is 1. The number of benzene rings is 2. The van der Waals surface area contributed by atoms with E-state index in [1.54, 1.807) is 52.7 Å². The second kappa shape index (κ2) is 8.80. The monoisotopic (exact) mass is 357 g/mol. The molecule has 6 heteroatoms. The van der Waals surface area contributed by atoms with Gasteiger partial charge in [0.05, 0.1) is 28.4 Å². The highest BCUT2D eigenvalue weighted by Crippen LogP contribution is 2.33. The highest BCUT2D eigenvalue weighted by Gasteiger charge is 2.10. The maximum absolute atomic E-state index is 12.3. The second-order valence-electron chi connectivity index (χ2n) is 5.45. The highest BCUT2D eigenvalue weighted by molar-refractivity contribution is 6.02. The van der Waals surface area contributed by atoms with Crippen LogP contribution in [0.1, 0.15) is 11.1 Å². The summed E-state index contributed by atoms with van der Waals surface area (Å²) in [6.07, 6.45) is 3.13. The molecule has 2 rings (SSSR count). The molecule has 0 fully saturated rings. The summed E-state index contributed by atoms with van der Waals surface area (Å²) in [5.74, 6) is 2.20. The number of hydrogen-bond donors (Lipinski definition) is 1. The number of nitrogens with one attached hydrogen (secondary N) is 1. The predicted octanol–water partition coefficient (Wildman–Crippen LogP) is 3.68. The summed E-state index contributed by atoms with van der Waals surface area (Å²) in [5.41, 5.74) is 2.29. The van der Waals surface area contributed by atoms with Crippen LogP contribution in [-0.4, -0.2) is 34.3 Å². The van der Waals surface area contributed by atoms with Gasteiger partial charge in [0.1, 0.15) is 11.5 Å². The van der Waals surface area contributed by atoms with E-state index < -0.39 is 0 Å². The maximum atomic E-state index is 12.3. The third-order valence-electron chi connectivity index (χ3n) is 3.84. The first-order chi connectivity index (χ1) is 12.5. The number of anilines is 1. The lowest BCUT2D eigenvalue weighted by Gasteiger charge is -2.13. The Kier molecular flexibility index (Phi) is 6.49. The Morgan fingerprint density at radius 2 is 1.54 bits per heavy atom. The normalized spacial score (nSPS) is 10.5. The molecule has 0 aliphatic rings. The number of hydrogen-bond acceptors (Lipinski definition) is 5. The number of rotatable bonds is 7. The lowest BCUT2D eigenvalue weighted by atomic mass is 10.1. The van der Waals surface area contributed by atoms with Crippen molar-refractivity contribution in [1.82, 2.24) is 0 Å². The van der Waals surface area contributed by atoms with Gasteiger partial charge in [0.15, 0.2) is 11.5 Å². The summed E-state index contributed by atoms with van der Waals surface area (Å²) in [6.45, 7) is 1.88. The van der Waals surface area contributed by atoms with Crippen LogP contribution in [0.15, 0.2) is 36.4 Å². The van der Waals surface area contributed by atoms with E-state index in [0.29, 0.717) is 28.7 Å². The molecule has 1 amide bonds. The van der Waals surface area contributed by atoms with E-state index in [4.69, 9.17) is 18.9 Å². The molecule has 0 spiro atoms. The minimum atomic E-state index is -0.266. The molecule has 0 bridgehead atoms. The zero-order chi connectivity index (χ0) is 19.1. The van der Waals surface area contributed by atoms with Crippen molar-refractivity contribution >= 4 is 17.7 Å². The van der Waals surface area contributed by atoms with Crippen LogP contribution in [0.3, 0.4) is 0 Å². The van der Waals surface area contributed by atoms with Gasteiger partial charge in [-0.15, -0.1) is 0 Å². The summed E-state index contributed by atoms with van der Waals surface area (Å²) in [6, 6.07) is 8.93. The molecular weight excluding hydrogens is 334 g/mol. The van der Waals surface area contributed by atoms with E-state index in [2.05, 4.69) is 5.32 Å².